The van der Waals surface area contributed by atoms with Crippen LogP contribution in [0.3, 0.4) is 0 Å². The first kappa shape index (κ1) is 19.6. The van der Waals surface area contributed by atoms with E-state index >= 15 is 0 Å². The van der Waals surface area contributed by atoms with Crippen molar-refractivity contribution in [3.63, 3.8) is 0 Å². The fourth-order valence-corrected chi connectivity index (χ4v) is 4.20. The normalized spacial score (nSPS) is 18.3. The van der Waals surface area contributed by atoms with Crippen LogP contribution in [0.5, 0.6) is 5.75 Å². The second-order valence-corrected chi connectivity index (χ2v) is 7.54. The lowest BCUT2D eigenvalue weighted by Crippen LogP contribution is -2.40. The molecule has 1 saturated heterocycles. The molecule has 0 saturated carbocycles. The second kappa shape index (κ2) is 8.69. The van der Waals surface area contributed by atoms with E-state index in [0.29, 0.717) is 17.7 Å². The van der Waals surface area contributed by atoms with Gasteiger partial charge >= 0.3 is 0 Å². The van der Waals surface area contributed by atoms with Gasteiger partial charge in [-0.25, -0.2) is 0 Å². The summed E-state index contributed by atoms with van der Waals surface area (Å²) >= 11 is 5.31. The number of likely N-dealkylation sites (tertiary alicyclic amines) is 1. The number of benzene rings is 1. The van der Waals surface area contributed by atoms with E-state index in [1.54, 1.807) is 7.11 Å². The molecule has 146 valence electrons. The number of nitrogens with zero attached hydrogens (tertiary/aromatic N) is 3. The molecule has 1 aromatic carbocycles. The SMILES string of the molecule is CCn1c(C2CCCN(C(=O)CC(C)c3ccccc3OC)C2)n[nH]c1=S. The number of carbonyl (C=O) groups excluding carboxylic acids is 1. The number of carbonyl (C=O) groups is 1. The Labute approximate surface area is 165 Å². The van der Waals surface area contributed by atoms with Crippen LogP contribution in [-0.4, -0.2) is 45.8 Å². The average molecular weight is 389 g/mol. The number of para-hydroxylation sites is 1. The third-order valence-electron chi connectivity index (χ3n) is 5.39. The number of hydrogen-bond acceptors (Lipinski definition) is 4. The molecular weight excluding hydrogens is 360 g/mol. The van der Waals surface area contributed by atoms with Crippen LogP contribution in [0.25, 0.3) is 0 Å². The zero-order chi connectivity index (χ0) is 19.4. The number of piperidine rings is 1. The van der Waals surface area contributed by atoms with Gasteiger partial charge in [-0.3, -0.25) is 9.89 Å². The number of H-pyrrole nitrogens is 1. The second-order valence-electron chi connectivity index (χ2n) is 7.16. The molecule has 3 rings (SSSR count). The van der Waals surface area contributed by atoms with Gasteiger partial charge in [0, 0.05) is 32.0 Å². The maximum atomic E-state index is 12.9. The lowest BCUT2D eigenvalue weighted by Gasteiger charge is -2.33. The quantitative estimate of drug-likeness (QED) is 0.763. The highest BCUT2D eigenvalue weighted by Crippen LogP contribution is 2.31. The number of amides is 1. The molecular formula is C20H28N4O2S. The molecule has 6 nitrogen and oxygen atoms in total. The Morgan fingerprint density at radius 1 is 1.44 bits per heavy atom. The summed E-state index contributed by atoms with van der Waals surface area (Å²) in [6, 6.07) is 7.92. The molecule has 0 spiro atoms. The van der Waals surface area contributed by atoms with Crippen LogP contribution in [0.4, 0.5) is 0 Å². The Balaban J connectivity index is 1.69. The van der Waals surface area contributed by atoms with Gasteiger partial charge in [0.15, 0.2) is 4.77 Å². The van der Waals surface area contributed by atoms with E-state index in [1.807, 2.05) is 33.7 Å². The van der Waals surface area contributed by atoms with E-state index in [9.17, 15) is 4.79 Å². The highest BCUT2D eigenvalue weighted by molar-refractivity contribution is 7.71. The molecule has 0 aliphatic carbocycles. The molecule has 1 amide bonds. The molecule has 2 atom stereocenters. The summed E-state index contributed by atoms with van der Waals surface area (Å²) in [5.41, 5.74) is 1.08. The van der Waals surface area contributed by atoms with Gasteiger partial charge in [-0.15, -0.1) is 0 Å². The van der Waals surface area contributed by atoms with Gasteiger partial charge in [-0.05, 0) is 49.5 Å². The van der Waals surface area contributed by atoms with Crippen molar-refractivity contribution in [3.05, 3.63) is 40.4 Å². The van der Waals surface area contributed by atoms with E-state index in [0.717, 1.165) is 43.1 Å². The fraction of sp³-hybridized carbons (Fsp3) is 0.550. The van der Waals surface area contributed by atoms with Crippen molar-refractivity contribution in [2.75, 3.05) is 20.2 Å². The largest absolute Gasteiger partial charge is 0.496 e. The molecule has 2 unspecified atom stereocenters. The predicted octanol–water partition coefficient (Wildman–Crippen LogP) is 3.87. The van der Waals surface area contributed by atoms with Crippen LogP contribution in [0.2, 0.25) is 0 Å². The number of rotatable bonds is 6. The maximum Gasteiger partial charge on any atom is 0.223 e. The van der Waals surface area contributed by atoms with Gasteiger partial charge in [0.05, 0.1) is 7.11 Å². The van der Waals surface area contributed by atoms with E-state index in [-0.39, 0.29) is 17.7 Å². The van der Waals surface area contributed by atoms with Crippen molar-refractivity contribution in [3.8, 4) is 5.75 Å². The lowest BCUT2D eigenvalue weighted by atomic mass is 9.93. The Kier molecular flexibility index (Phi) is 6.31. The molecule has 27 heavy (non-hydrogen) atoms. The van der Waals surface area contributed by atoms with Gasteiger partial charge in [0.1, 0.15) is 11.6 Å². The van der Waals surface area contributed by atoms with Crippen LogP contribution in [0.1, 0.15) is 56.3 Å². The number of methoxy groups -OCH3 is 1. The third-order valence-corrected chi connectivity index (χ3v) is 5.71. The first-order valence-electron chi connectivity index (χ1n) is 9.60. The van der Waals surface area contributed by atoms with Crippen LogP contribution >= 0.6 is 12.2 Å². The molecule has 1 N–H and O–H groups in total. The van der Waals surface area contributed by atoms with Crippen molar-refractivity contribution in [1.82, 2.24) is 19.7 Å². The predicted molar refractivity (Wildman–Crippen MR) is 108 cm³/mol. The number of nitrogens with one attached hydrogen (secondary N) is 1. The standard InChI is InChI=1S/C20H28N4O2S/c1-4-24-19(21-22-20(24)27)15-8-7-11-23(13-15)18(25)12-14(2)16-9-5-6-10-17(16)26-3/h5-6,9-10,14-15H,4,7-8,11-13H2,1-3H3,(H,22,27). The third kappa shape index (κ3) is 4.24. The fourth-order valence-electron chi connectivity index (χ4n) is 3.94. The smallest absolute Gasteiger partial charge is 0.223 e. The van der Waals surface area contributed by atoms with Gasteiger partial charge in [0.25, 0.3) is 0 Å². The zero-order valence-electron chi connectivity index (χ0n) is 16.3. The lowest BCUT2D eigenvalue weighted by molar-refractivity contribution is -0.132. The van der Waals surface area contributed by atoms with Crippen LogP contribution < -0.4 is 4.74 Å². The van der Waals surface area contributed by atoms with Gasteiger partial charge < -0.3 is 14.2 Å². The average Bonchev–Trinajstić information content (AvgIpc) is 3.08. The molecule has 2 aromatic rings. The summed E-state index contributed by atoms with van der Waals surface area (Å²) in [6.07, 6.45) is 2.50. The highest BCUT2D eigenvalue weighted by Gasteiger charge is 2.29. The van der Waals surface area contributed by atoms with Crippen molar-refractivity contribution in [1.29, 1.82) is 0 Å². The van der Waals surface area contributed by atoms with Gasteiger partial charge in [-0.1, -0.05) is 25.1 Å². The summed E-state index contributed by atoms with van der Waals surface area (Å²) in [7, 11) is 1.67. The minimum atomic E-state index is 0.110. The van der Waals surface area contributed by atoms with Crippen molar-refractivity contribution < 1.29 is 9.53 Å². The number of aromatic amines is 1. The van der Waals surface area contributed by atoms with Crippen LogP contribution in [-0.2, 0) is 11.3 Å². The number of ether oxygens (including phenoxy) is 1. The first-order chi connectivity index (χ1) is 13.0. The summed E-state index contributed by atoms with van der Waals surface area (Å²) in [5, 5.41) is 7.32. The van der Waals surface area contributed by atoms with E-state index < -0.39 is 0 Å². The van der Waals surface area contributed by atoms with E-state index in [4.69, 9.17) is 17.0 Å². The minimum absolute atomic E-state index is 0.110. The van der Waals surface area contributed by atoms with Crippen molar-refractivity contribution >= 4 is 18.1 Å². The Morgan fingerprint density at radius 2 is 2.22 bits per heavy atom. The molecule has 2 heterocycles. The first-order valence-corrected chi connectivity index (χ1v) is 10.0. The minimum Gasteiger partial charge on any atom is -0.496 e. The zero-order valence-corrected chi connectivity index (χ0v) is 17.1. The Hall–Kier alpha value is -2.15. The number of hydrogen-bond donors (Lipinski definition) is 1. The van der Waals surface area contributed by atoms with E-state index in [2.05, 4.69) is 24.0 Å². The highest BCUT2D eigenvalue weighted by atomic mass is 32.1. The summed E-state index contributed by atoms with van der Waals surface area (Å²) in [5.74, 6) is 2.34. The van der Waals surface area contributed by atoms with Gasteiger partial charge in [-0.2, -0.15) is 5.10 Å². The molecule has 7 heteroatoms. The van der Waals surface area contributed by atoms with Crippen molar-refractivity contribution in [2.45, 2.75) is 51.5 Å². The monoisotopic (exact) mass is 388 g/mol. The summed E-state index contributed by atoms with van der Waals surface area (Å²) in [4.78, 5) is 14.9. The van der Waals surface area contributed by atoms with Crippen LogP contribution in [0.15, 0.2) is 24.3 Å². The molecule has 0 radical (unpaired) electrons. The summed E-state index contributed by atoms with van der Waals surface area (Å²) in [6.45, 7) is 6.46. The van der Waals surface area contributed by atoms with E-state index in [1.165, 1.54) is 0 Å². The van der Waals surface area contributed by atoms with Gasteiger partial charge in [0.2, 0.25) is 5.91 Å². The number of aromatic nitrogens is 3. The Bertz CT molecular complexity index is 845. The topological polar surface area (TPSA) is 63.1 Å². The Morgan fingerprint density at radius 3 is 2.96 bits per heavy atom. The molecule has 1 aliphatic rings. The van der Waals surface area contributed by atoms with Crippen molar-refractivity contribution in [2.24, 2.45) is 0 Å². The molecule has 0 bridgehead atoms. The molecule has 1 aliphatic heterocycles. The summed E-state index contributed by atoms with van der Waals surface area (Å²) < 4.78 is 8.13. The molecule has 1 fully saturated rings. The molecule has 1 aromatic heterocycles. The van der Waals surface area contributed by atoms with Crippen LogP contribution in [0, 0.1) is 4.77 Å². The maximum absolute atomic E-state index is 12.9.